The van der Waals surface area contributed by atoms with Gasteiger partial charge in [0.25, 0.3) is 5.91 Å². The maximum Gasteiger partial charge on any atom is 0.253 e. The first kappa shape index (κ1) is 17.5. The number of hydrogen-bond acceptors (Lipinski definition) is 3. The van der Waals surface area contributed by atoms with Crippen molar-refractivity contribution in [3.63, 3.8) is 0 Å². The number of carbonyl (C=O) groups excluding carboxylic acids is 1. The summed E-state index contributed by atoms with van der Waals surface area (Å²) in [6.07, 6.45) is 2.57. The van der Waals surface area contributed by atoms with Crippen LogP contribution in [0.3, 0.4) is 0 Å². The molecule has 1 aromatic rings. The lowest BCUT2D eigenvalue weighted by atomic mass is 10.0. The van der Waals surface area contributed by atoms with E-state index in [-0.39, 0.29) is 17.9 Å². The second kappa shape index (κ2) is 9.40. The summed E-state index contributed by atoms with van der Waals surface area (Å²) in [6.45, 7) is 7.39. The zero-order chi connectivity index (χ0) is 15.7. The molecule has 0 radical (unpaired) electrons. The Morgan fingerprint density at radius 1 is 1.29 bits per heavy atom. The van der Waals surface area contributed by atoms with E-state index >= 15 is 0 Å². The number of benzene rings is 1. The van der Waals surface area contributed by atoms with Gasteiger partial charge in [-0.1, -0.05) is 32.4 Å². The van der Waals surface area contributed by atoms with Gasteiger partial charge in [0.1, 0.15) is 0 Å². The van der Waals surface area contributed by atoms with Gasteiger partial charge in [-0.3, -0.25) is 4.79 Å². The summed E-state index contributed by atoms with van der Waals surface area (Å²) in [6, 6.07) is 7.58. The van der Waals surface area contributed by atoms with Crippen LogP contribution < -0.4 is 10.6 Å². The maximum absolute atomic E-state index is 12.3. The molecule has 1 aromatic carbocycles. The molecule has 1 rings (SSSR count). The van der Waals surface area contributed by atoms with Crippen LogP contribution >= 0.6 is 0 Å². The van der Waals surface area contributed by atoms with Crippen LogP contribution in [0.2, 0.25) is 0 Å². The average Bonchev–Trinajstić information content (AvgIpc) is 2.45. The predicted octanol–water partition coefficient (Wildman–Crippen LogP) is 3.04. The molecule has 0 aliphatic carbocycles. The summed E-state index contributed by atoms with van der Waals surface area (Å²) >= 11 is 0. The maximum atomic E-state index is 12.3. The fourth-order valence-corrected chi connectivity index (χ4v) is 2.26. The number of anilines is 1. The third kappa shape index (κ3) is 6.63. The Hall–Kier alpha value is -1.55. The number of aliphatic hydroxyl groups is 1. The normalized spacial score (nSPS) is 13.5. The molecule has 0 bridgehead atoms. The van der Waals surface area contributed by atoms with E-state index in [0.717, 1.165) is 25.1 Å². The van der Waals surface area contributed by atoms with Crippen molar-refractivity contribution in [2.45, 2.75) is 46.1 Å². The lowest BCUT2D eigenvalue weighted by Crippen LogP contribution is -2.30. The van der Waals surface area contributed by atoms with Crippen molar-refractivity contribution in [3.05, 3.63) is 29.8 Å². The zero-order valence-corrected chi connectivity index (χ0v) is 13.4. The lowest BCUT2D eigenvalue weighted by molar-refractivity contribution is 0.0940. The second-order valence-electron chi connectivity index (χ2n) is 5.73. The number of amides is 1. The highest BCUT2D eigenvalue weighted by molar-refractivity contribution is 5.99. The Balaban J connectivity index is 2.56. The van der Waals surface area contributed by atoms with E-state index in [9.17, 15) is 9.90 Å². The van der Waals surface area contributed by atoms with Crippen molar-refractivity contribution < 1.29 is 9.90 Å². The van der Waals surface area contributed by atoms with Crippen LogP contribution in [0.1, 0.15) is 50.4 Å². The molecule has 4 heteroatoms. The number of unbranched alkanes of at least 4 members (excludes halogenated alkanes) is 1. The summed E-state index contributed by atoms with van der Waals surface area (Å²) in [4.78, 5) is 12.3. The van der Waals surface area contributed by atoms with Gasteiger partial charge in [0, 0.05) is 18.8 Å². The highest BCUT2D eigenvalue weighted by atomic mass is 16.3. The van der Waals surface area contributed by atoms with Gasteiger partial charge >= 0.3 is 0 Å². The third-order valence-corrected chi connectivity index (χ3v) is 3.37. The van der Waals surface area contributed by atoms with E-state index in [2.05, 4.69) is 17.6 Å². The zero-order valence-electron chi connectivity index (χ0n) is 13.4. The van der Waals surface area contributed by atoms with Gasteiger partial charge in [0.05, 0.1) is 11.7 Å². The number of rotatable bonds is 9. The molecule has 0 spiro atoms. The van der Waals surface area contributed by atoms with Crippen molar-refractivity contribution in [2.24, 2.45) is 5.92 Å². The fraction of sp³-hybridized carbons (Fsp3) is 0.588. The molecule has 4 nitrogen and oxygen atoms in total. The van der Waals surface area contributed by atoms with Crippen LogP contribution in [0.4, 0.5) is 5.69 Å². The topological polar surface area (TPSA) is 61.4 Å². The van der Waals surface area contributed by atoms with Gasteiger partial charge in [-0.15, -0.1) is 0 Å². The highest BCUT2D eigenvalue weighted by Gasteiger charge is 2.12. The molecule has 0 heterocycles. The molecular formula is C17H28N2O2. The van der Waals surface area contributed by atoms with E-state index in [0.29, 0.717) is 18.5 Å². The van der Waals surface area contributed by atoms with E-state index in [1.807, 2.05) is 31.2 Å². The van der Waals surface area contributed by atoms with Crippen molar-refractivity contribution in [1.82, 2.24) is 5.32 Å². The van der Waals surface area contributed by atoms with Crippen molar-refractivity contribution in [3.8, 4) is 0 Å². The van der Waals surface area contributed by atoms with E-state index in [1.54, 1.807) is 6.92 Å². The summed E-state index contributed by atoms with van der Waals surface area (Å²) in [5, 5.41) is 15.6. The molecule has 2 atom stereocenters. The molecule has 0 saturated carbocycles. The number of nitrogens with one attached hydrogen (secondary N) is 2. The third-order valence-electron chi connectivity index (χ3n) is 3.37. The minimum atomic E-state index is -0.333. The SMILES string of the molecule is CCCCNc1ccccc1C(=O)NCC(C)CC(C)O. The van der Waals surface area contributed by atoms with Gasteiger partial charge in [-0.05, 0) is 37.8 Å². The van der Waals surface area contributed by atoms with Gasteiger partial charge in [-0.2, -0.15) is 0 Å². The van der Waals surface area contributed by atoms with Crippen LogP contribution in [-0.2, 0) is 0 Å². The number of carbonyl (C=O) groups is 1. The first-order chi connectivity index (χ1) is 10.0. The Labute approximate surface area is 128 Å². The monoisotopic (exact) mass is 292 g/mol. The van der Waals surface area contributed by atoms with Crippen LogP contribution in [0, 0.1) is 5.92 Å². The molecule has 21 heavy (non-hydrogen) atoms. The Kier molecular flexibility index (Phi) is 7.83. The fourth-order valence-electron chi connectivity index (χ4n) is 2.26. The summed E-state index contributed by atoms with van der Waals surface area (Å²) in [5.41, 5.74) is 1.56. The van der Waals surface area contributed by atoms with Gasteiger partial charge < -0.3 is 15.7 Å². The Morgan fingerprint density at radius 2 is 2.00 bits per heavy atom. The Bertz CT molecular complexity index is 433. The van der Waals surface area contributed by atoms with Gasteiger partial charge in [-0.25, -0.2) is 0 Å². The smallest absolute Gasteiger partial charge is 0.253 e. The number of hydrogen-bond donors (Lipinski definition) is 3. The van der Waals surface area contributed by atoms with Crippen LogP contribution in [-0.4, -0.2) is 30.2 Å². The summed E-state index contributed by atoms with van der Waals surface area (Å²) < 4.78 is 0. The lowest BCUT2D eigenvalue weighted by Gasteiger charge is -2.16. The standard InChI is InChI=1S/C17H28N2O2/c1-4-5-10-18-16-9-7-6-8-15(16)17(21)19-12-13(2)11-14(3)20/h6-9,13-14,18,20H,4-5,10-12H2,1-3H3,(H,19,21). The molecule has 0 aliphatic rings. The van der Waals surface area contributed by atoms with E-state index in [4.69, 9.17) is 0 Å². The highest BCUT2D eigenvalue weighted by Crippen LogP contribution is 2.15. The minimum absolute atomic E-state index is 0.0629. The molecule has 0 aliphatic heterocycles. The first-order valence-electron chi connectivity index (χ1n) is 7.83. The van der Waals surface area contributed by atoms with Crippen molar-refractivity contribution in [2.75, 3.05) is 18.4 Å². The Morgan fingerprint density at radius 3 is 2.67 bits per heavy atom. The largest absolute Gasteiger partial charge is 0.393 e. The summed E-state index contributed by atoms with van der Waals surface area (Å²) in [5.74, 6) is 0.196. The molecule has 1 amide bonds. The van der Waals surface area contributed by atoms with Crippen LogP contribution in [0.25, 0.3) is 0 Å². The molecule has 0 fully saturated rings. The van der Waals surface area contributed by atoms with E-state index < -0.39 is 0 Å². The first-order valence-corrected chi connectivity index (χ1v) is 7.83. The molecule has 0 saturated heterocycles. The van der Waals surface area contributed by atoms with Crippen LogP contribution in [0.15, 0.2) is 24.3 Å². The number of aliphatic hydroxyl groups excluding tert-OH is 1. The van der Waals surface area contributed by atoms with Crippen molar-refractivity contribution in [1.29, 1.82) is 0 Å². The molecule has 118 valence electrons. The quantitative estimate of drug-likeness (QED) is 0.613. The molecule has 3 N–H and O–H groups in total. The molecule has 0 aromatic heterocycles. The average molecular weight is 292 g/mol. The minimum Gasteiger partial charge on any atom is -0.393 e. The summed E-state index contributed by atoms with van der Waals surface area (Å²) in [7, 11) is 0. The second-order valence-corrected chi connectivity index (χ2v) is 5.73. The van der Waals surface area contributed by atoms with Gasteiger partial charge in [0.2, 0.25) is 0 Å². The number of para-hydroxylation sites is 1. The van der Waals surface area contributed by atoms with Crippen LogP contribution in [0.5, 0.6) is 0 Å². The molecule has 2 unspecified atom stereocenters. The van der Waals surface area contributed by atoms with E-state index in [1.165, 1.54) is 0 Å². The van der Waals surface area contributed by atoms with Gasteiger partial charge in [0.15, 0.2) is 0 Å². The molecular weight excluding hydrogens is 264 g/mol. The van der Waals surface area contributed by atoms with Crippen molar-refractivity contribution >= 4 is 11.6 Å². The predicted molar refractivity (Wildman–Crippen MR) is 87.6 cm³/mol.